The minimum atomic E-state index is -4.35. The summed E-state index contributed by atoms with van der Waals surface area (Å²) in [7, 11) is 1.56. The zero-order chi connectivity index (χ0) is 20.1. The van der Waals surface area contributed by atoms with E-state index in [1.165, 1.54) is 17.3 Å². The van der Waals surface area contributed by atoms with Gasteiger partial charge in [-0.1, -0.05) is 48.5 Å². The maximum atomic E-state index is 12.9. The van der Waals surface area contributed by atoms with Gasteiger partial charge in [0.05, 0.1) is 6.54 Å². The van der Waals surface area contributed by atoms with Crippen LogP contribution in [-0.2, 0) is 19.5 Å². The van der Waals surface area contributed by atoms with Crippen LogP contribution in [0.1, 0.15) is 27.3 Å². The van der Waals surface area contributed by atoms with Crippen molar-refractivity contribution in [1.29, 1.82) is 0 Å². The van der Waals surface area contributed by atoms with Crippen LogP contribution in [0.25, 0.3) is 0 Å². The Morgan fingerprint density at radius 3 is 2.46 bits per heavy atom. The lowest BCUT2D eigenvalue weighted by Gasteiger charge is -2.20. The minimum Gasteiger partial charge on any atom is -0.334 e. The molecule has 0 saturated carbocycles. The van der Waals surface area contributed by atoms with Crippen LogP contribution >= 0.6 is 0 Å². The van der Waals surface area contributed by atoms with E-state index in [0.717, 1.165) is 15.7 Å². The van der Waals surface area contributed by atoms with E-state index in [0.29, 0.717) is 12.0 Å². The van der Waals surface area contributed by atoms with Crippen LogP contribution in [0, 0.1) is 0 Å². The lowest BCUT2D eigenvalue weighted by Crippen LogP contribution is -2.29. The third-order valence-electron chi connectivity index (χ3n) is 4.36. The van der Waals surface area contributed by atoms with Crippen LogP contribution < -0.4 is 0 Å². The molecule has 1 aromatic heterocycles. The molecule has 0 bridgehead atoms. The molecule has 0 aliphatic rings. The summed E-state index contributed by atoms with van der Waals surface area (Å²) in [6.07, 6.45) is -1.17. The number of alkyl halides is 3. The summed E-state index contributed by atoms with van der Waals surface area (Å²) in [5, 5.41) is 0. The largest absolute Gasteiger partial charge is 0.406 e. The van der Waals surface area contributed by atoms with E-state index in [9.17, 15) is 18.0 Å². The van der Waals surface area contributed by atoms with Crippen molar-refractivity contribution < 1.29 is 18.0 Å². The Hall–Kier alpha value is -3.09. The first-order chi connectivity index (χ1) is 13.3. The molecule has 0 N–H and O–H groups in total. The molecule has 0 unspecified atom stereocenters. The van der Waals surface area contributed by atoms with Crippen LogP contribution in [0.2, 0.25) is 0 Å². The lowest BCUT2D eigenvalue weighted by atomic mass is 9.99. The number of carbonyl (C=O) groups is 1. The van der Waals surface area contributed by atoms with Gasteiger partial charge in [-0.05, 0) is 23.6 Å². The molecule has 0 radical (unpaired) electrons. The Bertz CT molecular complexity index is 935. The van der Waals surface area contributed by atoms with Gasteiger partial charge in [0.15, 0.2) is 0 Å². The molecule has 146 valence electrons. The first-order valence-electron chi connectivity index (χ1n) is 8.77. The molecular weight excluding hydrogens is 367 g/mol. The van der Waals surface area contributed by atoms with Crippen molar-refractivity contribution in [3.8, 4) is 0 Å². The van der Waals surface area contributed by atoms with Crippen LogP contribution in [0.5, 0.6) is 0 Å². The highest BCUT2D eigenvalue weighted by molar-refractivity contribution is 5.95. The predicted molar refractivity (Wildman–Crippen MR) is 99.8 cm³/mol. The molecule has 0 atom stereocenters. The molecule has 2 aromatic carbocycles. The Labute approximate surface area is 161 Å². The van der Waals surface area contributed by atoms with Crippen molar-refractivity contribution in [2.24, 2.45) is 0 Å². The number of imidazole rings is 1. The van der Waals surface area contributed by atoms with Gasteiger partial charge in [-0.25, -0.2) is 4.98 Å². The van der Waals surface area contributed by atoms with Gasteiger partial charge in [0.25, 0.3) is 5.91 Å². The second-order valence-corrected chi connectivity index (χ2v) is 6.57. The highest BCUT2D eigenvalue weighted by Crippen LogP contribution is 2.20. The predicted octanol–water partition coefficient (Wildman–Crippen LogP) is 4.31. The molecule has 7 heteroatoms. The van der Waals surface area contributed by atoms with Crippen LogP contribution in [0.15, 0.2) is 67.0 Å². The fourth-order valence-corrected chi connectivity index (χ4v) is 3.02. The molecule has 0 fully saturated rings. The number of hydrogen-bond acceptors (Lipinski definition) is 2. The molecule has 1 heterocycles. The fourth-order valence-electron chi connectivity index (χ4n) is 3.02. The van der Waals surface area contributed by atoms with Crippen molar-refractivity contribution in [1.82, 2.24) is 14.5 Å². The van der Waals surface area contributed by atoms with Gasteiger partial charge in [-0.15, -0.1) is 0 Å². The molecule has 28 heavy (non-hydrogen) atoms. The topological polar surface area (TPSA) is 38.1 Å². The van der Waals surface area contributed by atoms with Gasteiger partial charge in [0, 0.05) is 25.0 Å². The molecule has 0 spiro atoms. The summed E-state index contributed by atoms with van der Waals surface area (Å²) < 4.78 is 39.1. The Balaban J connectivity index is 1.77. The number of carbonyl (C=O) groups excluding carboxylic acids is 1. The molecule has 1 amide bonds. The van der Waals surface area contributed by atoms with Crippen LogP contribution in [0.3, 0.4) is 0 Å². The summed E-state index contributed by atoms with van der Waals surface area (Å²) in [6.45, 7) is -1.14. The number of rotatable bonds is 6. The first kappa shape index (κ1) is 19.7. The zero-order valence-corrected chi connectivity index (χ0v) is 15.4. The van der Waals surface area contributed by atoms with E-state index in [1.807, 2.05) is 42.5 Å². The van der Waals surface area contributed by atoms with Crippen molar-refractivity contribution in [3.63, 3.8) is 0 Å². The monoisotopic (exact) mass is 387 g/mol. The average Bonchev–Trinajstić information content (AvgIpc) is 3.07. The van der Waals surface area contributed by atoms with Crippen molar-refractivity contribution in [3.05, 3.63) is 89.5 Å². The summed E-state index contributed by atoms with van der Waals surface area (Å²) >= 11 is 0. The summed E-state index contributed by atoms with van der Waals surface area (Å²) in [4.78, 5) is 18.3. The maximum absolute atomic E-state index is 12.9. The van der Waals surface area contributed by atoms with E-state index in [1.54, 1.807) is 19.2 Å². The highest BCUT2D eigenvalue weighted by Gasteiger charge is 2.29. The fraction of sp³-hybridized carbons (Fsp3) is 0.238. The number of nitrogens with zero attached hydrogens (tertiary/aromatic N) is 3. The Morgan fingerprint density at radius 2 is 1.75 bits per heavy atom. The van der Waals surface area contributed by atoms with E-state index < -0.39 is 12.7 Å². The normalized spacial score (nSPS) is 11.4. The van der Waals surface area contributed by atoms with E-state index in [4.69, 9.17) is 0 Å². The summed E-state index contributed by atoms with van der Waals surface area (Å²) in [5.41, 5.74) is 2.47. The second-order valence-electron chi connectivity index (χ2n) is 6.57. The smallest absolute Gasteiger partial charge is 0.334 e. The number of halogens is 3. The SMILES string of the molecule is CN(Cc1nccn1CC(F)(F)F)C(=O)c1ccccc1Cc1ccccc1. The number of hydrogen-bond donors (Lipinski definition) is 0. The third kappa shape index (κ3) is 5.00. The van der Waals surface area contributed by atoms with Gasteiger partial charge in [0.1, 0.15) is 12.4 Å². The van der Waals surface area contributed by atoms with Gasteiger partial charge >= 0.3 is 6.18 Å². The lowest BCUT2D eigenvalue weighted by molar-refractivity contribution is -0.141. The molecule has 0 aliphatic carbocycles. The standard InChI is InChI=1S/C21H20F3N3O/c1-26(14-19-25-11-12-27(19)15-21(22,23)24)20(28)18-10-6-5-9-17(18)13-16-7-3-2-4-8-16/h2-12H,13-15H2,1H3. The van der Waals surface area contributed by atoms with Gasteiger partial charge in [0.2, 0.25) is 0 Å². The molecule has 3 aromatic rings. The van der Waals surface area contributed by atoms with E-state index in [-0.39, 0.29) is 18.3 Å². The Kier molecular flexibility index (Phi) is 5.82. The molecular formula is C21H20F3N3O. The molecule has 0 aliphatic heterocycles. The average molecular weight is 387 g/mol. The number of amides is 1. The minimum absolute atomic E-state index is 0.0123. The molecule has 0 saturated heterocycles. The second kappa shape index (κ2) is 8.29. The van der Waals surface area contributed by atoms with Gasteiger partial charge < -0.3 is 9.47 Å². The van der Waals surface area contributed by atoms with Crippen molar-refractivity contribution >= 4 is 5.91 Å². The van der Waals surface area contributed by atoms with Crippen molar-refractivity contribution in [2.75, 3.05) is 7.05 Å². The highest BCUT2D eigenvalue weighted by atomic mass is 19.4. The Morgan fingerprint density at radius 1 is 1.07 bits per heavy atom. The quantitative estimate of drug-likeness (QED) is 0.632. The van der Waals surface area contributed by atoms with Crippen LogP contribution in [0.4, 0.5) is 13.2 Å². The van der Waals surface area contributed by atoms with Gasteiger partial charge in [-0.2, -0.15) is 13.2 Å². The zero-order valence-electron chi connectivity index (χ0n) is 15.4. The van der Waals surface area contributed by atoms with Crippen LogP contribution in [-0.4, -0.2) is 33.6 Å². The molecule has 3 rings (SSSR count). The summed E-state index contributed by atoms with van der Waals surface area (Å²) in [5.74, 6) is -0.0678. The van der Waals surface area contributed by atoms with Crippen molar-refractivity contribution in [2.45, 2.75) is 25.7 Å². The number of aromatic nitrogens is 2. The number of benzene rings is 2. The maximum Gasteiger partial charge on any atom is 0.406 e. The third-order valence-corrected chi connectivity index (χ3v) is 4.36. The first-order valence-corrected chi connectivity index (χ1v) is 8.77. The van der Waals surface area contributed by atoms with Gasteiger partial charge in [-0.3, -0.25) is 4.79 Å². The molecule has 4 nitrogen and oxygen atoms in total. The summed E-state index contributed by atoms with van der Waals surface area (Å²) in [6, 6.07) is 17.0. The van der Waals surface area contributed by atoms with E-state index >= 15 is 0 Å². The van der Waals surface area contributed by atoms with E-state index in [2.05, 4.69) is 4.98 Å².